The van der Waals surface area contributed by atoms with Crippen molar-refractivity contribution in [3.8, 4) is 0 Å². The standard InChI is InChI=1S/C13H17FN2O2/c1-8-4-9(13(15)18)5-12(14)11(8)7-16-3-2-10(17)6-16/h4-5,10,17H,2-3,6-7H2,1H3,(H2,15,18)/t10-/m1/s1. The molecule has 0 bridgehead atoms. The lowest BCUT2D eigenvalue weighted by Gasteiger charge is -2.17. The Kier molecular flexibility index (Phi) is 3.63. The minimum absolute atomic E-state index is 0.190. The normalized spacial score (nSPS) is 20.3. The van der Waals surface area contributed by atoms with Crippen molar-refractivity contribution in [1.82, 2.24) is 4.90 Å². The maximum atomic E-state index is 13.9. The molecule has 0 spiro atoms. The predicted molar refractivity (Wildman–Crippen MR) is 65.6 cm³/mol. The van der Waals surface area contributed by atoms with Crippen molar-refractivity contribution in [1.29, 1.82) is 0 Å². The molecule has 0 saturated carbocycles. The van der Waals surface area contributed by atoms with E-state index in [0.29, 0.717) is 24.2 Å². The number of benzene rings is 1. The highest BCUT2D eigenvalue weighted by atomic mass is 19.1. The third-order valence-electron chi connectivity index (χ3n) is 3.33. The maximum absolute atomic E-state index is 13.9. The van der Waals surface area contributed by atoms with E-state index in [1.165, 1.54) is 6.07 Å². The largest absolute Gasteiger partial charge is 0.392 e. The van der Waals surface area contributed by atoms with Crippen LogP contribution in [-0.4, -0.2) is 35.1 Å². The lowest BCUT2D eigenvalue weighted by atomic mass is 10.0. The zero-order chi connectivity index (χ0) is 13.3. The van der Waals surface area contributed by atoms with Crippen LogP contribution in [0.5, 0.6) is 0 Å². The molecule has 18 heavy (non-hydrogen) atoms. The molecule has 1 aromatic carbocycles. The van der Waals surface area contributed by atoms with Gasteiger partial charge in [0.15, 0.2) is 0 Å². The van der Waals surface area contributed by atoms with Gasteiger partial charge in [0.1, 0.15) is 5.82 Å². The maximum Gasteiger partial charge on any atom is 0.248 e. The van der Waals surface area contributed by atoms with Crippen molar-refractivity contribution in [3.05, 3.63) is 34.6 Å². The number of likely N-dealkylation sites (tertiary alicyclic amines) is 1. The lowest BCUT2D eigenvalue weighted by molar-refractivity contribution is 0.0999. The minimum Gasteiger partial charge on any atom is -0.392 e. The monoisotopic (exact) mass is 252 g/mol. The molecule has 1 fully saturated rings. The van der Waals surface area contributed by atoms with Crippen LogP contribution in [0.2, 0.25) is 0 Å². The average Bonchev–Trinajstić information content (AvgIpc) is 2.69. The molecule has 1 aromatic rings. The molecule has 98 valence electrons. The van der Waals surface area contributed by atoms with Crippen molar-refractivity contribution in [2.24, 2.45) is 5.73 Å². The molecule has 1 aliphatic rings. The van der Waals surface area contributed by atoms with Gasteiger partial charge < -0.3 is 10.8 Å². The van der Waals surface area contributed by atoms with E-state index >= 15 is 0 Å². The molecule has 1 heterocycles. The van der Waals surface area contributed by atoms with Gasteiger partial charge in [-0.3, -0.25) is 9.69 Å². The van der Waals surface area contributed by atoms with Gasteiger partial charge in [-0.25, -0.2) is 4.39 Å². The fourth-order valence-electron chi connectivity index (χ4n) is 2.30. The first-order chi connectivity index (χ1) is 8.47. The van der Waals surface area contributed by atoms with E-state index in [9.17, 15) is 14.3 Å². The number of carbonyl (C=O) groups is 1. The number of hydrogen-bond acceptors (Lipinski definition) is 3. The third-order valence-corrected chi connectivity index (χ3v) is 3.33. The summed E-state index contributed by atoms with van der Waals surface area (Å²) < 4.78 is 13.9. The van der Waals surface area contributed by atoms with E-state index in [1.807, 2.05) is 4.90 Å². The second-order valence-electron chi connectivity index (χ2n) is 4.80. The molecule has 0 aliphatic carbocycles. The van der Waals surface area contributed by atoms with Gasteiger partial charge in [0.2, 0.25) is 5.91 Å². The summed E-state index contributed by atoms with van der Waals surface area (Å²) in [5, 5.41) is 9.44. The molecule has 1 atom stereocenters. The summed E-state index contributed by atoms with van der Waals surface area (Å²) >= 11 is 0. The molecule has 0 unspecified atom stereocenters. The van der Waals surface area contributed by atoms with E-state index in [0.717, 1.165) is 13.0 Å². The Morgan fingerprint density at radius 2 is 2.33 bits per heavy atom. The van der Waals surface area contributed by atoms with Gasteiger partial charge in [-0.1, -0.05) is 0 Å². The molecule has 5 heteroatoms. The zero-order valence-corrected chi connectivity index (χ0v) is 10.3. The van der Waals surface area contributed by atoms with E-state index in [4.69, 9.17) is 5.73 Å². The van der Waals surface area contributed by atoms with Crippen molar-refractivity contribution >= 4 is 5.91 Å². The summed E-state index contributed by atoms with van der Waals surface area (Å²) in [5.41, 5.74) is 6.60. The van der Waals surface area contributed by atoms with Crippen LogP contribution in [0.3, 0.4) is 0 Å². The molecular weight excluding hydrogens is 235 g/mol. The number of primary amides is 1. The van der Waals surface area contributed by atoms with Gasteiger partial charge in [-0.05, 0) is 31.0 Å². The Labute approximate surface area is 105 Å². The highest BCUT2D eigenvalue weighted by molar-refractivity contribution is 5.93. The Morgan fingerprint density at radius 1 is 1.61 bits per heavy atom. The summed E-state index contributed by atoms with van der Waals surface area (Å²) in [5.74, 6) is -1.04. The molecule has 0 aromatic heterocycles. The van der Waals surface area contributed by atoms with Crippen LogP contribution in [0.4, 0.5) is 4.39 Å². The van der Waals surface area contributed by atoms with Crippen molar-refractivity contribution in [2.75, 3.05) is 13.1 Å². The van der Waals surface area contributed by atoms with Crippen LogP contribution >= 0.6 is 0 Å². The van der Waals surface area contributed by atoms with Gasteiger partial charge in [0, 0.05) is 30.8 Å². The summed E-state index contributed by atoms with van der Waals surface area (Å²) in [7, 11) is 0. The zero-order valence-electron chi connectivity index (χ0n) is 10.3. The second kappa shape index (κ2) is 5.04. The third kappa shape index (κ3) is 2.68. The van der Waals surface area contributed by atoms with Gasteiger partial charge in [-0.2, -0.15) is 0 Å². The summed E-state index contributed by atoms with van der Waals surface area (Å²) in [4.78, 5) is 13.0. The lowest BCUT2D eigenvalue weighted by Crippen LogP contribution is -2.23. The van der Waals surface area contributed by atoms with Crippen LogP contribution in [0.1, 0.15) is 27.9 Å². The molecule has 4 nitrogen and oxygen atoms in total. The van der Waals surface area contributed by atoms with E-state index in [1.54, 1.807) is 13.0 Å². The molecule has 1 saturated heterocycles. The Morgan fingerprint density at radius 3 is 2.83 bits per heavy atom. The minimum atomic E-state index is -0.625. The molecule has 1 amide bonds. The fourth-order valence-corrected chi connectivity index (χ4v) is 2.30. The molecule has 2 rings (SSSR count). The number of nitrogens with two attached hydrogens (primary N) is 1. The highest BCUT2D eigenvalue weighted by Crippen LogP contribution is 2.20. The second-order valence-corrected chi connectivity index (χ2v) is 4.80. The molecule has 0 radical (unpaired) electrons. The molecule has 1 aliphatic heterocycles. The molecular formula is C13H17FN2O2. The smallest absolute Gasteiger partial charge is 0.248 e. The average molecular weight is 252 g/mol. The summed E-state index contributed by atoms with van der Waals surface area (Å²) in [6.45, 7) is 3.54. The number of β-amino-alcohol motifs (C(OH)–C–C–N with tert-alkyl or cyclic N) is 1. The number of aliphatic hydroxyl groups excluding tert-OH is 1. The summed E-state index contributed by atoms with van der Waals surface area (Å²) in [6, 6.07) is 2.78. The van der Waals surface area contributed by atoms with Gasteiger partial charge in [0.25, 0.3) is 0 Å². The molecule has 3 N–H and O–H groups in total. The van der Waals surface area contributed by atoms with Gasteiger partial charge in [0.05, 0.1) is 6.10 Å². The number of amides is 1. The number of hydrogen-bond donors (Lipinski definition) is 2. The number of aliphatic hydroxyl groups is 1. The van der Waals surface area contributed by atoms with Gasteiger partial charge >= 0.3 is 0 Å². The Hall–Kier alpha value is -1.46. The summed E-state index contributed by atoms with van der Waals surface area (Å²) in [6.07, 6.45) is 0.401. The Bertz CT molecular complexity index is 453. The number of nitrogens with zero attached hydrogens (tertiary/aromatic N) is 1. The first-order valence-electron chi connectivity index (χ1n) is 5.96. The fraction of sp³-hybridized carbons (Fsp3) is 0.462. The SMILES string of the molecule is Cc1cc(C(N)=O)cc(F)c1CN1CC[C@@H](O)C1. The highest BCUT2D eigenvalue weighted by Gasteiger charge is 2.22. The van der Waals surface area contributed by atoms with Crippen molar-refractivity contribution in [2.45, 2.75) is 26.0 Å². The van der Waals surface area contributed by atoms with Crippen LogP contribution in [0.15, 0.2) is 12.1 Å². The number of halogens is 1. The first kappa shape index (κ1) is 13.0. The topological polar surface area (TPSA) is 66.6 Å². The van der Waals surface area contributed by atoms with Crippen LogP contribution in [0, 0.1) is 12.7 Å². The van der Waals surface area contributed by atoms with Crippen LogP contribution < -0.4 is 5.73 Å². The van der Waals surface area contributed by atoms with E-state index in [-0.39, 0.29) is 11.7 Å². The number of aryl methyl sites for hydroxylation is 1. The first-order valence-corrected chi connectivity index (χ1v) is 5.96. The number of carbonyl (C=O) groups excluding carboxylic acids is 1. The van der Waals surface area contributed by atoms with Gasteiger partial charge in [-0.15, -0.1) is 0 Å². The van der Waals surface area contributed by atoms with E-state index < -0.39 is 11.7 Å². The van der Waals surface area contributed by atoms with Crippen LogP contribution in [-0.2, 0) is 6.54 Å². The quantitative estimate of drug-likeness (QED) is 0.836. The van der Waals surface area contributed by atoms with Crippen LogP contribution in [0.25, 0.3) is 0 Å². The Balaban J connectivity index is 2.20. The van der Waals surface area contributed by atoms with Crippen molar-refractivity contribution < 1.29 is 14.3 Å². The number of rotatable bonds is 3. The van der Waals surface area contributed by atoms with E-state index in [2.05, 4.69) is 0 Å². The van der Waals surface area contributed by atoms with Crippen molar-refractivity contribution in [3.63, 3.8) is 0 Å². The predicted octanol–water partition coefficient (Wildman–Crippen LogP) is 0.800.